The van der Waals surface area contributed by atoms with Gasteiger partial charge < -0.3 is 5.32 Å². The van der Waals surface area contributed by atoms with E-state index in [-0.39, 0.29) is 12.3 Å². The fourth-order valence-electron chi connectivity index (χ4n) is 3.98. The average Bonchev–Trinajstić information content (AvgIpc) is 3.36. The predicted molar refractivity (Wildman–Crippen MR) is 137 cm³/mol. The maximum Gasteiger partial charge on any atom is 0.222 e. The minimum Gasteiger partial charge on any atom is -0.359 e. The summed E-state index contributed by atoms with van der Waals surface area (Å²) in [5, 5.41) is 13.0. The molecule has 0 saturated heterocycles. The third-order valence-electron chi connectivity index (χ3n) is 5.76. The van der Waals surface area contributed by atoms with Crippen LogP contribution in [0.5, 0.6) is 0 Å². The van der Waals surface area contributed by atoms with Crippen LogP contribution in [0.1, 0.15) is 51.2 Å². The first-order chi connectivity index (χ1) is 17.0. The normalized spacial score (nSPS) is 14.2. The van der Waals surface area contributed by atoms with Crippen molar-refractivity contribution in [3.8, 4) is 16.8 Å². The van der Waals surface area contributed by atoms with E-state index in [2.05, 4.69) is 32.3 Å². The first-order valence-corrected chi connectivity index (χ1v) is 12.2. The average molecular weight is 501 g/mol. The van der Waals surface area contributed by atoms with E-state index in [1.807, 2.05) is 54.8 Å². The number of hydrogen-bond donors (Lipinski definition) is 1. The Hall–Kier alpha value is -3.80. The Labute approximate surface area is 211 Å². The first kappa shape index (κ1) is 23.0. The Morgan fingerprint density at radius 2 is 1.97 bits per heavy atom. The monoisotopic (exact) mass is 500 g/mol. The molecule has 9 heteroatoms. The largest absolute Gasteiger partial charge is 0.359 e. The number of aryl methyl sites for hydroxylation is 1. The number of nitrogens with zero attached hydrogens (tertiary/aromatic N) is 5. The van der Waals surface area contributed by atoms with Gasteiger partial charge in [-0.2, -0.15) is 0 Å². The smallest absolute Gasteiger partial charge is 0.222 e. The van der Waals surface area contributed by atoms with Gasteiger partial charge in [0.2, 0.25) is 5.91 Å². The summed E-state index contributed by atoms with van der Waals surface area (Å²) in [6, 6.07) is 10.9. The van der Waals surface area contributed by atoms with Crippen LogP contribution in [0.4, 0.5) is 0 Å². The van der Waals surface area contributed by atoms with Crippen LogP contribution in [0.15, 0.2) is 53.8 Å². The van der Waals surface area contributed by atoms with E-state index in [0.717, 1.165) is 43.7 Å². The van der Waals surface area contributed by atoms with Crippen LogP contribution >= 0.6 is 22.9 Å². The van der Waals surface area contributed by atoms with Crippen LogP contribution in [0, 0.1) is 25.7 Å². The highest BCUT2D eigenvalue weighted by atomic mass is 35.5. The van der Waals surface area contributed by atoms with Crippen molar-refractivity contribution in [3.63, 3.8) is 0 Å². The van der Waals surface area contributed by atoms with Crippen LogP contribution in [0.3, 0.4) is 0 Å². The minimum absolute atomic E-state index is 0.119. The molecule has 1 aliphatic heterocycles. The summed E-state index contributed by atoms with van der Waals surface area (Å²) in [5.74, 6) is 7.76. The highest BCUT2D eigenvalue weighted by Gasteiger charge is 2.32. The van der Waals surface area contributed by atoms with Crippen LogP contribution in [0.25, 0.3) is 5.00 Å². The number of carbonyl (C=O) groups excluding carboxylic acids is 1. The number of benzene rings is 1. The van der Waals surface area contributed by atoms with Gasteiger partial charge in [0.1, 0.15) is 16.9 Å². The number of thiophene rings is 1. The van der Waals surface area contributed by atoms with E-state index < -0.39 is 6.04 Å². The second kappa shape index (κ2) is 9.45. The molecule has 1 aromatic carbocycles. The molecule has 1 aliphatic rings. The molecule has 0 unspecified atom stereocenters. The van der Waals surface area contributed by atoms with Crippen molar-refractivity contribution in [2.75, 3.05) is 7.05 Å². The number of amides is 1. The molecule has 7 nitrogen and oxygen atoms in total. The Bertz CT molecular complexity index is 1510. The van der Waals surface area contributed by atoms with Gasteiger partial charge in [-0.15, -0.1) is 21.5 Å². The van der Waals surface area contributed by atoms with Crippen molar-refractivity contribution >= 4 is 34.6 Å². The molecule has 0 radical (unpaired) electrons. The van der Waals surface area contributed by atoms with Crippen molar-refractivity contribution in [2.24, 2.45) is 4.99 Å². The Kier molecular flexibility index (Phi) is 6.20. The van der Waals surface area contributed by atoms with E-state index >= 15 is 0 Å². The molecule has 4 heterocycles. The lowest BCUT2D eigenvalue weighted by Crippen LogP contribution is -2.21. The summed E-state index contributed by atoms with van der Waals surface area (Å²) in [6.45, 7) is 3.95. The number of hydrogen-bond acceptors (Lipinski definition) is 6. The SMILES string of the molecule is CNC(=O)C[C@@H]1N=C(c2ccc(Cl)cc2)c2c(sc(C#Cc3cccnc3)c2C)-n2c(C)nnc21. The standard InChI is InChI=1S/C26H21ClN6OS/c1-15-21(11-6-17-5-4-12-29-14-17)35-26-23(15)24(18-7-9-19(27)10-8-18)30-20(13-22(34)28-3)25-32-31-16(2)33(25)26/h4-5,7-10,12,14,20H,13H2,1-3H3,(H,28,34)/t20-/m0/s1. The molecule has 174 valence electrons. The first-order valence-electron chi connectivity index (χ1n) is 11.0. The lowest BCUT2D eigenvalue weighted by atomic mass is 9.99. The number of aromatic nitrogens is 4. The Morgan fingerprint density at radius 3 is 2.69 bits per heavy atom. The van der Waals surface area contributed by atoms with E-state index in [1.165, 1.54) is 0 Å². The van der Waals surface area contributed by atoms with E-state index in [4.69, 9.17) is 16.6 Å². The van der Waals surface area contributed by atoms with Gasteiger partial charge >= 0.3 is 0 Å². The van der Waals surface area contributed by atoms with Crippen molar-refractivity contribution < 1.29 is 4.79 Å². The van der Waals surface area contributed by atoms with E-state index in [0.29, 0.717) is 10.8 Å². The molecule has 4 aromatic rings. The third kappa shape index (κ3) is 4.36. The van der Waals surface area contributed by atoms with Gasteiger partial charge in [-0.3, -0.25) is 19.3 Å². The predicted octanol–water partition coefficient (Wildman–Crippen LogP) is 4.42. The number of fused-ring (bicyclic) bond motifs is 3. The van der Waals surface area contributed by atoms with Gasteiger partial charge in [0.05, 0.1) is 17.0 Å². The summed E-state index contributed by atoms with van der Waals surface area (Å²) in [7, 11) is 1.62. The molecule has 5 rings (SSSR count). The highest BCUT2D eigenvalue weighted by Crippen LogP contribution is 2.39. The number of aliphatic imine (C=N–C) groups is 1. The molecule has 0 spiro atoms. The Balaban J connectivity index is 1.74. The molecular formula is C26H21ClN6OS. The fourth-order valence-corrected chi connectivity index (χ4v) is 5.33. The summed E-state index contributed by atoms with van der Waals surface area (Å²) in [6.07, 6.45) is 3.63. The second-order valence-electron chi connectivity index (χ2n) is 8.05. The molecule has 1 N–H and O–H groups in total. The van der Waals surface area contributed by atoms with Gasteiger partial charge in [0, 0.05) is 41.2 Å². The zero-order valence-corrected chi connectivity index (χ0v) is 20.9. The molecule has 0 fully saturated rings. The van der Waals surface area contributed by atoms with Gasteiger partial charge in [-0.05, 0) is 43.7 Å². The van der Waals surface area contributed by atoms with Crippen molar-refractivity contribution in [2.45, 2.75) is 26.3 Å². The quantitative estimate of drug-likeness (QED) is 0.422. The lowest BCUT2D eigenvalue weighted by molar-refractivity contribution is -0.121. The third-order valence-corrected chi connectivity index (χ3v) is 7.20. The molecule has 0 aliphatic carbocycles. The van der Waals surface area contributed by atoms with Gasteiger partial charge in [-0.1, -0.05) is 35.6 Å². The van der Waals surface area contributed by atoms with Gasteiger partial charge in [0.25, 0.3) is 0 Å². The summed E-state index contributed by atoms with van der Waals surface area (Å²) >= 11 is 7.74. The number of carbonyl (C=O) groups is 1. The van der Waals surface area contributed by atoms with Crippen molar-refractivity contribution in [1.29, 1.82) is 0 Å². The molecule has 0 saturated carbocycles. The molecule has 1 atom stereocenters. The van der Waals surface area contributed by atoms with Crippen molar-refractivity contribution in [1.82, 2.24) is 25.1 Å². The topological polar surface area (TPSA) is 85.1 Å². The minimum atomic E-state index is -0.495. The fraction of sp³-hybridized carbons (Fsp3) is 0.192. The Morgan fingerprint density at radius 1 is 1.17 bits per heavy atom. The van der Waals surface area contributed by atoms with Crippen LogP contribution in [-0.2, 0) is 4.79 Å². The lowest BCUT2D eigenvalue weighted by Gasteiger charge is -2.12. The summed E-state index contributed by atoms with van der Waals surface area (Å²) in [5.41, 5.74) is 4.49. The molecule has 0 bridgehead atoms. The molecular weight excluding hydrogens is 480 g/mol. The zero-order chi connectivity index (χ0) is 24.5. The molecule has 3 aromatic heterocycles. The number of rotatable bonds is 3. The van der Waals surface area contributed by atoms with E-state index in [9.17, 15) is 4.79 Å². The molecule has 35 heavy (non-hydrogen) atoms. The molecule has 1 amide bonds. The number of halogens is 1. The zero-order valence-electron chi connectivity index (χ0n) is 19.3. The van der Waals surface area contributed by atoms with Crippen LogP contribution in [-0.4, -0.2) is 38.4 Å². The maximum absolute atomic E-state index is 12.4. The van der Waals surface area contributed by atoms with Crippen LogP contribution in [0.2, 0.25) is 5.02 Å². The van der Waals surface area contributed by atoms with Gasteiger partial charge in [-0.25, -0.2) is 0 Å². The summed E-state index contributed by atoms with van der Waals surface area (Å²) in [4.78, 5) is 22.5. The second-order valence-corrected chi connectivity index (χ2v) is 9.48. The summed E-state index contributed by atoms with van der Waals surface area (Å²) < 4.78 is 2.00. The van der Waals surface area contributed by atoms with Crippen molar-refractivity contribution in [3.05, 3.63) is 92.6 Å². The maximum atomic E-state index is 12.4. The highest BCUT2D eigenvalue weighted by molar-refractivity contribution is 7.15. The van der Waals surface area contributed by atoms with Crippen LogP contribution < -0.4 is 5.32 Å². The van der Waals surface area contributed by atoms with E-state index in [1.54, 1.807) is 30.8 Å². The number of nitrogens with one attached hydrogen (secondary N) is 1. The van der Waals surface area contributed by atoms with Gasteiger partial charge in [0.15, 0.2) is 5.82 Å². The number of pyridine rings is 1.